The number of halogens is 1. The lowest BCUT2D eigenvalue weighted by Gasteiger charge is -2.22. The summed E-state index contributed by atoms with van der Waals surface area (Å²) in [5.41, 5.74) is 9.70. The standard InChI is InChI=1S/C31H32N4O3.ClH/c1-2-37-28-19-25(15-18-27(28)38-21-23-11-7-4-8-12-23)29(31(36)34-20-22-9-5-3-6-10-22)35-26-16-13-24(14-17-26)30(32)33;/h3-19,29,35H,2,20-21H2,1H3,(H3,32,33)(H,34,36);1H. The summed E-state index contributed by atoms with van der Waals surface area (Å²) in [4.78, 5) is 13.5. The summed E-state index contributed by atoms with van der Waals surface area (Å²) in [7, 11) is 0. The number of rotatable bonds is 12. The molecule has 0 heterocycles. The van der Waals surface area contributed by atoms with Crippen molar-refractivity contribution < 1.29 is 14.3 Å². The van der Waals surface area contributed by atoms with E-state index in [1.165, 1.54) is 0 Å². The van der Waals surface area contributed by atoms with Crippen LogP contribution in [0.4, 0.5) is 5.69 Å². The lowest BCUT2D eigenvalue weighted by atomic mass is 10.0. The lowest BCUT2D eigenvalue weighted by molar-refractivity contribution is -0.122. The molecule has 8 heteroatoms. The number of amides is 1. The molecule has 4 aromatic carbocycles. The summed E-state index contributed by atoms with van der Waals surface area (Å²) in [5, 5.41) is 14.0. The molecule has 0 aliphatic carbocycles. The molecule has 1 amide bonds. The molecule has 0 aliphatic rings. The Balaban J connectivity index is 0.00000420. The molecular formula is C31H33ClN4O3. The van der Waals surface area contributed by atoms with Gasteiger partial charge in [0.1, 0.15) is 18.5 Å². The van der Waals surface area contributed by atoms with Crippen LogP contribution >= 0.6 is 12.4 Å². The number of hydrogen-bond donors (Lipinski definition) is 4. The number of benzene rings is 4. The first-order valence-corrected chi connectivity index (χ1v) is 12.5. The van der Waals surface area contributed by atoms with Crippen molar-refractivity contribution in [2.24, 2.45) is 5.73 Å². The number of nitrogens with one attached hydrogen (secondary N) is 3. The minimum atomic E-state index is -0.704. The maximum atomic E-state index is 13.5. The van der Waals surface area contributed by atoms with Gasteiger partial charge in [0.05, 0.1) is 6.61 Å². The number of anilines is 1. The van der Waals surface area contributed by atoms with Gasteiger partial charge in [-0.1, -0.05) is 66.7 Å². The number of hydrogen-bond acceptors (Lipinski definition) is 5. The third-order valence-electron chi connectivity index (χ3n) is 5.92. The van der Waals surface area contributed by atoms with Gasteiger partial charge in [0.2, 0.25) is 5.91 Å². The lowest BCUT2D eigenvalue weighted by Crippen LogP contribution is -2.33. The molecule has 0 aliphatic heterocycles. The van der Waals surface area contributed by atoms with E-state index in [2.05, 4.69) is 10.6 Å². The van der Waals surface area contributed by atoms with Crippen molar-refractivity contribution in [3.05, 3.63) is 125 Å². The monoisotopic (exact) mass is 544 g/mol. The van der Waals surface area contributed by atoms with Gasteiger partial charge in [-0.05, 0) is 60.0 Å². The molecule has 5 N–H and O–H groups in total. The van der Waals surface area contributed by atoms with Gasteiger partial charge in [0.25, 0.3) is 0 Å². The van der Waals surface area contributed by atoms with Crippen LogP contribution in [0.25, 0.3) is 0 Å². The van der Waals surface area contributed by atoms with Crippen molar-refractivity contribution in [1.29, 1.82) is 5.41 Å². The quantitative estimate of drug-likeness (QED) is 0.132. The molecule has 202 valence electrons. The molecule has 4 aromatic rings. The molecule has 0 radical (unpaired) electrons. The maximum Gasteiger partial charge on any atom is 0.247 e. The van der Waals surface area contributed by atoms with Gasteiger partial charge in [-0.15, -0.1) is 12.4 Å². The van der Waals surface area contributed by atoms with E-state index in [9.17, 15) is 4.79 Å². The zero-order chi connectivity index (χ0) is 26.7. The fourth-order valence-electron chi connectivity index (χ4n) is 3.93. The largest absolute Gasteiger partial charge is 0.490 e. The van der Waals surface area contributed by atoms with E-state index >= 15 is 0 Å². The minimum absolute atomic E-state index is 0. The van der Waals surface area contributed by atoms with Crippen LogP contribution < -0.4 is 25.8 Å². The molecule has 0 aromatic heterocycles. The smallest absolute Gasteiger partial charge is 0.247 e. The van der Waals surface area contributed by atoms with E-state index in [1.807, 2.05) is 85.8 Å². The summed E-state index contributed by atoms with van der Waals surface area (Å²) in [5.74, 6) is 0.968. The van der Waals surface area contributed by atoms with Gasteiger partial charge < -0.3 is 25.8 Å². The summed E-state index contributed by atoms with van der Waals surface area (Å²) in [6.45, 7) is 3.17. The van der Waals surface area contributed by atoms with Crippen LogP contribution in [0.3, 0.4) is 0 Å². The summed E-state index contributed by atoms with van der Waals surface area (Å²) in [6, 6.07) is 31.6. The molecule has 39 heavy (non-hydrogen) atoms. The van der Waals surface area contributed by atoms with Crippen LogP contribution in [-0.2, 0) is 17.9 Å². The average molecular weight is 545 g/mol. The van der Waals surface area contributed by atoms with Gasteiger partial charge in [0, 0.05) is 17.8 Å². The highest BCUT2D eigenvalue weighted by Crippen LogP contribution is 2.33. The van der Waals surface area contributed by atoms with Crippen LogP contribution in [-0.4, -0.2) is 18.3 Å². The van der Waals surface area contributed by atoms with E-state index in [1.54, 1.807) is 24.3 Å². The molecule has 0 bridgehead atoms. The van der Waals surface area contributed by atoms with Crippen molar-refractivity contribution in [2.75, 3.05) is 11.9 Å². The number of nitrogens with two attached hydrogens (primary N) is 1. The Morgan fingerprint density at radius 2 is 1.49 bits per heavy atom. The van der Waals surface area contributed by atoms with Crippen molar-refractivity contribution in [1.82, 2.24) is 5.32 Å². The molecule has 4 rings (SSSR count). The highest BCUT2D eigenvalue weighted by molar-refractivity contribution is 5.95. The Morgan fingerprint density at radius 3 is 2.10 bits per heavy atom. The van der Waals surface area contributed by atoms with Crippen molar-refractivity contribution in [3.63, 3.8) is 0 Å². The summed E-state index contributed by atoms with van der Waals surface area (Å²) < 4.78 is 11.9. The fourth-order valence-corrected chi connectivity index (χ4v) is 3.93. The van der Waals surface area contributed by atoms with Crippen molar-refractivity contribution in [3.8, 4) is 11.5 Å². The first-order chi connectivity index (χ1) is 18.5. The maximum absolute atomic E-state index is 13.5. The summed E-state index contributed by atoms with van der Waals surface area (Å²) in [6.07, 6.45) is 0. The van der Waals surface area contributed by atoms with Crippen LogP contribution in [0.1, 0.15) is 35.2 Å². The minimum Gasteiger partial charge on any atom is -0.490 e. The van der Waals surface area contributed by atoms with Crippen LogP contribution in [0, 0.1) is 5.41 Å². The Bertz CT molecular complexity index is 1350. The highest BCUT2D eigenvalue weighted by atomic mass is 35.5. The first kappa shape index (κ1) is 29.1. The zero-order valence-electron chi connectivity index (χ0n) is 21.7. The van der Waals surface area contributed by atoms with E-state index in [-0.39, 0.29) is 24.1 Å². The predicted molar refractivity (Wildman–Crippen MR) is 158 cm³/mol. The topological polar surface area (TPSA) is 109 Å². The summed E-state index contributed by atoms with van der Waals surface area (Å²) >= 11 is 0. The second kappa shape index (κ2) is 14.4. The van der Waals surface area contributed by atoms with E-state index < -0.39 is 6.04 Å². The molecule has 1 unspecified atom stereocenters. The van der Waals surface area contributed by atoms with Gasteiger partial charge >= 0.3 is 0 Å². The number of nitrogen functional groups attached to an aromatic ring is 1. The van der Waals surface area contributed by atoms with Crippen molar-refractivity contribution in [2.45, 2.75) is 26.1 Å². The number of carbonyl (C=O) groups is 1. The Morgan fingerprint density at radius 1 is 0.846 bits per heavy atom. The van der Waals surface area contributed by atoms with Crippen LogP contribution in [0.2, 0.25) is 0 Å². The second-order valence-electron chi connectivity index (χ2n) is 8.69. The number of ether oxygens (including phenoxy) is 2. The fraction of sp³-hybridized carbons (Fsp3) is 0.161. The Kier molecular flexibility index (Phi) is 10.8. The highest BCUT2D eigenvalue weighted by Gasteiger charge is 2.22. The van der Waals surface area contributed by atoms with Gasteiger partial charge in [-0.2, -0.15) is 0 Å². The SMILES string of the molecule is CCOc1cc(C(Nc2ccc(C(=N)N)cc2)C(=O)NCc2ccccc2)ccc1OCc1ccccc1.Cl. The molecule has 0 saturated carbocycles. The molecule has 0 fully saturated rings. The van der Waals surface area contributed by atoms with Gasteiger partial charge in [-0.25, -0.2) is 0 Å². The van der Waals surface area contributed by atoms with Crippen LogP contribution in [0.5, 0.6) is 11.5 Å². The van der Waals surface area contributed by atoms with E-state index in [4.69, 9.17) is 20.6 Å². The normalized spacial score (nSPS) is 11.0. The number of amidine groups is 1. The first-order valence-electron chi connectivity index (χ1n) is 12.5. The number of carbonyl (C=O) groups excluding carboxylic acids is 1. The zero-order valence-corrected chi connectivity index (χ0v) is 22.5. The predicted octanol–water partition coefficient (Wildman–Crippen LogP) is 5.84. The second-order valence-corrected chi connectivity index (χ2v) is 8.69. The van der Waals surface area contributed by atoms with Gasteiger partial charge in [0.15, 0.2) is 11.5 Å². The third kappa shape index (κ3) is 8.25. The Labute approximate surface area is 235 Å². The molecule has 1 atom stereocenters. The molecular weight excluding hydrogens is 512 g/mol. The van der Waals surface area contributed by atoms with Crippen LogP contribution in [0.15, 0.2) is 103 Å². The average Bonchev–Trinajstić information content (AvgIpc) is 2.95. The Hall–Kier alpha value is -4.49. The molecule has 0 spiro atoms. The molecule has 0 saturated heterocycles. The third-order valence-corrected chi connectivity index (χ3v) is 5.92. The van der Waals surface area contributed by atoms with E-state index in [0.717, 1.165) is 22.4 Å². The van der Waals surface area contributed by atoms with E-state index in [0.29, 0.717) is 36.8 Å². The van der Waals surface area contributed by atoms with Gasteiger partial charge in [-0.3, -0.25) is 10.2 Å². The molecule has 7 nitrogen and oxygen atoms in total. The van der Waals surface area contributed by atoms with Crippen molar-refractivity contribution >= 4 is 29.8 Å².